The van der Waals surface area contributed by atoms with Gasteiger partial charge in [0, 0.05) is 17.8 Å². The molecule has 1 heterocycles. The molecule has 1 amide bonds. The van der Waals surface area contributed by atoms with Crippen LogP contribution in [0.2, 0.25) is 0 Å². The number of rotatable bonds is 5. The fourth-order valence-electron chi connectivity index (χ4n) is 1.60. The van der Waals surface area contributed by atoms with Gasteiger partial charge < -0.3 is 10.1 Å². The zero-order chi connectivity index (χ0) is 15.2. The molecule has 0 unspecified atom stereocenters. The predicted molar refractivity (Wildman–Crippen MR) is 76.2 cm³/mol. The second-order valence-electron chi connectivity index (χ2n) is 4.25. The number of benzene rings is 1. The van der Waals surface area contributed by atoms with Crippen molar-refractivity contribution in [2.24, 2.45) is 0 Å². The number of non-ortho nitro benzene ring substituents is 1. The Bertz CT molecular complexity index is 656. The fraction of sp³-hybridized carbons (Fsp3) is 0.143. The van der Waals surface area contributed by atoms with Crippen LogP contribution in [0.5, 0.6) is 5.75 Å². The highest BCUT2D eigenvalue weighted by molar-refractivity contribution is 5.90. The van der Waals surface area contributed by atoms with Gasteiger partial charge in [-0.2, -0.15) is 0 Å². The molecule has 2 rings (SSSR count). The molecule has 0 aliphatic heterocycles. The molecule has 0 atom stereocenters. The van der Waals surface area contributed by atoms with Crippen LogP contribution >= 0.6 is 0 Å². The van der Waals surface area contributed by atoms with Gasteiger partial charge in [-0.15, -0.1) is 0 Å². The maximum Gasteiger partial charge on any atom is 0.269 e. The Kier molecular flexibility index (Phi) is 4.45. The summed E-state index contributed by atoms with van der Waals surface area (Å²) in [5, 5.41) is 13.1. The number of hydrogen-bond donors (Lipinski definition) is 1. The van der Waals surface area contributed by atoms with E-state index in [9.17, 15) is 14.9 Å². The molecule has 0 saturated carbocycles. The summed E-state index contributed by atoms with van der Waals surface area (Å²) >= 11 is 0. The molecule has 0 fully saturated rings. The number of ether oxygens (including phenoxy) is 1. The molecule has 1 N–H and O–H groups in total. The van der Waals surface area contributed by atoms with Crippen LogP contribution in [-0.2, 0) is 4.79 Å². The summed E-state index contributed by atoms with van der Waals surface area (Å²) < 4.78 is 5.24. The summed E-state index contributed by atoms with van der Waals surface area (Å²) in [5.74, 6) is 0.478. The minimum Gasteiger partial charge on any atom is -0.484 e. The summed E-state index contributed by atoms with van der Waals surface area (Å²) in [4.78, 5) is 25.8. The number of nitrogens with zero attached hydrogens (tertiary/aromatic N) is 2. The van der Waals surface area contributed by atoms with E-state index in [1.54, 1.807) is 12.1 Å². The molecular weight excluding hydrogens is 274 g/mol. The lowest BCUT2D eigenvalue weighted by Gasteiger charge is -2.07. The number of nitrogens with one attached hydrogen (secondary N) is 1. The quantitative estimate of drug-likeness (QED) is 0.672. The monoisotopic (exact) mass is 287 g/mol. The van der Waals surface area contributed by atoms with E-state index >= 15 is 0 Å². The fourth-order valence-corrected chi connectivity index (χ4v) is 1.60. The highest BCUT2D eigenvalue weighted by atomic mass is 16.6. The third-order valence-electron chi connectivity index (χ3n) is 2.57. The van der Waals surface area contributed by atoms with Crippen LogP contribution in [0.3, 0.4) is 0 Å². The van der Waals surface area contributed by atoms with E-state index in [1.165, 1.54) is 24.3 Å². The van der Waals surface area contributed by atoms with Crippen molar-refractivity contribution >= 4 is 17.4 Å². The van der Waals surface area contributed by atoms with Crippen molar-refractivity contribution in [2.75, 3.05) is 11.9 Å². The van der Waals surface area contributed by atoms with Crippen LogP contribution in [0.25, 0.3) is 0 Å². The number of carbonyl (C=O) groups excluding carboxylic acids is 1. The number of aryl methyl sites for hydroxylation is 1. The summed E-state index contributed by atoms with van der Waals surface area (Å²) in [7, 11) is 0. The van der Waals surface area contributed by atoms with Crippen molar-refractivity contribution in [2.45, 2.75) is 6.92 Å². The minimum absolute atomic E-state index is 0.0317. The van der Waals surface area contributed by atoms with E-state index in [2.05, 4.69) is 10.3 Å². The molecule has 1 aromatic carbocycles. The van der Waals surface area contributed by atoms with Crippen molar-refractivity contribution in [3.8, 4) is 5.75 Å². The lowest BCUT2D eigenvalue weighted by Crippen LogP contribution is -2.20. The number of pyridine rings is 1. The molecule has 2 aromatic rings. The first-order valence-electron chi connectivity index (χ1n) is 6.15. The first-order chi connectivity index (χ1) is 10.0. The Morgan fingerprint density at radius 1 is 1.29 bits per heavy atom. The number of nitro benzene ring substituents is 1. The number of hydrogen-bond acceptors (Lipinski definition) is 5. The molecule has 0 bridgehead atoms. The van der Waals surface area contributed by atoms with E-state index in [1.807, 2.05) is 13.0 Å². The topological polar surface area (TPSA) is 94.4 Å². The number of carbonyl (C=O) groups is 1. The van der Waals surface area contributed by atoms with Gasteiger partial charge in [-0.1, -0.05) is 6.07 Å². The number of anilines is 1. The number of amides is 1. The largest absolute Gasteiger partial charge is 0.484 e. The van der Waals surface area contributed by atoms with Crippen molar-refractivity contribution < 1.29 is 14.5 Å². The Labute approximate surface area is 120 Å². The SMILES string of the molecule is Cc1cccc(NC(=O)COc2ccc([N+](=O)[O-])cc2)n1. The Balaban J connectivity index is 1.87. The first-order valence-corrected chi connectivity index (χ1v) is 6.15. The lowest BCUT2D eigenvalue weighted by atomic mass is 10.3. The minimum atomic E-state index is -0.500. The van der Waals surface area contributed by atoms with Gasteiger partial charge in [-0.3, -0.25) is 14.9 Å². The molecule has 1 aromatic heterocycles. The second-order valence-corrected chi connectivity index (χ2v) is 4.25. The van der Waals surface area contributed by atoms with Crippen LogP contribution in [0.1, 0.15) is 5.69 Å². The molecule has 0 aliphatic rings. The van der Waals surface area contributed by atoms with Crippen LogP contribution in [0.15, 0.2) is 42.5 Å². The normalized spacial score (nSPS) is 9.95. The van der Waals surface area contributed by atoms with E-state index < -0.39 is 4.92 Å². The Morgan fingerprint density at radius 3 is 2.62 bits per heavy atom. The highest BCUT2D eigenvalue weighted by Gasteiger charge is 2.07. The molecule has 21 heavy (non-hydrogen) atoms. The summed E-state index contributed by atoms with van der Waals surface area (Å²) in [6.45, 7) is 1.62. The van der Waals surface area contributed by atoms with Crippen LogP contribution in [-0.4, -0.2) is 22.4 Å². The van der Waals surface area contributed by atoms with Crippen molar-refractivity contribution in [1.29, 1.82) is 0 Å². The zero-order valence-corrected chi connectivity index (χ0v) is 11.3. The molecule has 7 heteroatoms. The van der Waals surface area contributed by atoms with Gasteiger partial charge in [0.05, 0.1) is 4.92 Å². The summed E-state index contributed by atoms with van der Waals surface area (Å²) in [6.07, 6.45) is 0. The van der Waals surface area contributed by atoms with Crippen LogP contribution in [0.4, 0.5) is 11.5 Å². The number of aromatic nitrogens is 1. The Hall–Kier alpha value is -2.96. The molecule has 108 valence electrons. The van der Waals surface area contributed by atoms with Gasteiger partial charge >= 0.3 is 0 Å². The average molecular weight is 287 g/mol. The Morgan fingerprint density at radius 2 is 2.00 bits per heavy atom. The lowest BCUT2D eigenvalue weighted by molar-refractivity contribution is -0.384. The zero-order valence-electron chi connectivity index (χ0n) is 11.3. The molecular formula is C14H13N3O4. The molecule has 0 radical (unpaired) electrons. The third kappa shape index (κ3) is 4.27. The number of nitro groups is 1. The van der Waals surface area contributed by atoms with Crippen molar-refractivity contribution in [3.63, 3.8) is 0 Å². The van der Waals surface area contributed by atoms with Gasteiger partial charge in [0.1, 0.15) is 11.6 Å². The van der Waals surface area contributed by atoms with Gasteiger partial charge in [-0.05, 0) is 31.2 Å². The van der Waals surface area contributed by atoms with E-state index in [-0.39, 0.29) is 18.2 Å². The van der Waals surface area contributed by atoms with Crippen molar-refractivity contribution in [1.82, 2.24) is 4.98 Å². The molecule has 0 saturated heterocycles. The summed E-state index contributed by atoms with van der Waals surface area (Å²) in [6, 6.07) is 10.8. The molecule has 0 spiro atoms. The average Bonchev–Trinajstić information content (AvgIpc) is 2.45. The third-order valence-corrected chi connectivity index (χ3v) is 2.57. The second kappa shape index (κ2) is 6.47. The van der Waals surface area contributed by atoms with Crippen LogP contribution < -0.4 is 10.1 Å². The molecule has 7 nitrogen and oxygen atoms in total. The smallest absolute Gasteiger partial charge is 0.269 e. The van der Waals surface area contributed by atoms with Gasteiger partial charge in [0.2, 0.25) is 0 Å². The maximum absolute atomic E-state index is 11.7. The predicted octanol–water partition coefficient (Wildman–Crippen LogP) is 2.32. The highest BCUT2D eigenvalue weighted by Crippen LogP contribution is 2.17. The van der Waals surface area contributed by atoms with Gasteiger partial charge in [0.15, 0.2) is 6.61 Å². The van der Waals surface area contributed by atoms with E-state index in [4.69, 9.17) is 4.74 Å². The first kappa shape index (κ1) is 14.4. The standard InChI is InChI=1S/C14H13N3O4/c1-10-3-2-4-13(15-10)16-14(18)9-21-12-7-5-11(6-8-12)17(19)20/h2-8H,9H2,1H3,(H,15,16,18). The molecule has 0 aliphatic carbocycles. The van der Waals surface area contributed by atoms with E-state index in [0.29, 0.717) is 11.6 Å². The van der Waals surface area contributed by atoms with Gasteiger partial charge in [-0.25, -0.2) is 4.98 Å². The maximum atomic E-state index is 11.7. The van der Waals surface area contributed by atoms with E-state index in [0.717, 1.165) is 5.69 Å². The van der Waals surface area contributed by atoms with Crippen LogP contribution in [0, 0.1) is 17.0 Å². The van der Waals surface area contributed by atoms with Gasteiger partial charge in [0.25, 0.3) is 11.6 Å². The van der Waals surface area contributed by atoms with Crippen molar-refractivity contribution in [3.05, 3.63) is 58.3 Å². The summed E-state index contributed by atoms with van der Waals surface area (Å²) in [5.41, 5.74) is 0.764.